The molecular weight excluding hydrogens is 157 g/mol. The molecule has 0 atom stereocenters. The minimum absolute atomic E-state index is 0.199. The highest BCUT2D eigenvalue weighted by molar-refractivity contribution is 6.60. The van der Waals surface area contributed by atoms with Crippen molar-refractivity contribution in [2.24, 2.45) is 0 Å². The number of H-pyrrole nitrogens is 1. The quantitative estimate of drug-likeness (QED) is 0.453. The third-order valence-electron chi connectivity index (χ3n) is 1.62. The number of nitrogens with one attached hydrogen (secondary N) is 1. The highest BCUT2D eigenvalue weighted by Crippen LogP contribution is 2.03. The summed E-state index contributed by atoms with van der Waals surface area (Å²) in [4.78, 5) is 10.5. The lowest BCUT2D eigenvalue weighted by Gasteiger charge is -1.97. The zero-order chi connectivity index (χ0) is 8.55. The standard InChI is InChI=1S/C6H6BN3O2/c11-7(12)6-5-4(1-2-8-5)9-3-10-6/h1-3,8,11-12H. The molecule has 6 heteroatoms. The second-order valence-electron chi connectivity index (χ2n) is 2.37. The molecule has 0 aliphatic carbocycles. The summed E-state index contributed by atoms with van der Waals surface area (Å²) in [6, 6.07) is 1.74. The van der Waals surface area contributed by atoms with Crippen LogP contribution in [0.2, 0.25) is 0 Å². The Morgan fingerprint density at radius 1 is 1.33 bits per heavy atom. The summed E-state index contributed by atoms with van der Waals surface area (Å²) in [5.74, 6) is 0. The lowest BCUT2D eigenvalue weighted by atomic mass is 9.85. The number of hydrogen-bond acceptors (Lipinski definition) is 4. The average molecular weight is 163 g/mol. The monoisotopic (exact) mass is 163 g/mol. The fourth-order valence-corrected chi connectivity index (χ4v) is 1.09. The summed E-state index contributed by atoms with van der Waals surface area (Å²) in [5.41, 5.74) is 1.44. The first-order valence-corrected chi connectivity index (χ1v) is 3.43. The smallest absolute Gasteiger partial charge is 0.422 e. The molecule has 2 heterocycles. The maximum Gasteiger partial charge on any atom is 0.510 e. The van der Waals surface area contributed by atoms with Crippen molar-refractivity contribution in [2.75, 3.05) is 0 Å². The van der Waals surface area contributed by atoms with Crippen LogP contribution in [0.4, 0.5) is 0 Å². The molecule has 0 amide bonds. The van der Waals surface area contributed by atoms with Crippen LogP contribution < -0.4 is 5.59 Å². The van der Waals surface area contributed by atoms with Gasteiger partial charge in [0.2, 0.25) is 0 Å². The van der Waals surface area contributed by atoms with Crippen molar-refractivity contribution in [1.82, 2.24) is 15.0 Å². The third kappa shape index (κ3) is 0.974. The van der Waals surface area contributed by atoms with E-state index in [4.69, 9.17) is 10.0 Å². The Kier molecular flexibility index (Phi) is 1.56. The number of aromatic nitrogens is 3. The normalized spacial score (nSPS) is 10.5. The topological polar surface area (TPSA) is 82.0 Å². The van der Waals surface area contributed by atoms with Gasteiger partial charge in [-0.05, 0) is 6.07 Å². The third-order valence-corrected chi connectivity index (χ3v) is 1.62. The predicted octanol–water partition coefficient (Wildman–Crippen LogP) is -1.36. The molecule has 5 nitrogen and oxygen atoms in total. The van der Waals surface area contributed by atoms with Crippen molar-refractivity contribution < 1.29 is 10.0 Å². The molecule has 60 valence electrons. The molecule has 12 heavy (non-hydrogen) atoms. The second-order valence-corrected chi connectivity index (χ2v) is 2.37. The first-order chi connectivity index (χ1) is 5.79. The van der Waals surface area contributed by atoms with E-state index in [0.29, 0.717) is 11.0 Å². The van der Waals surface area contributed by atoms with Gasteiger partial charge in [0.15, 0.2) is 0 Å². The van der Waals surface area contributed by atoms with E-state index in [9.17, 15) is 0 Å². The van der Waals surface area contributed by atoms with Crippen LogP contribution in [-0.4, -0.2) is 32.1 Å². The molecule has 2 rings (SSSR count). The molecule has 0 spiro atoms. The fraction of sp³-hybridized carbons (Fsp3) is 0. The van der Waals surface area contributed by atoms with E-state index in [2.05, 4.69) is 15.0 Å². The lowest BCUT2D eigenvalue weighted by molar-refractivity contribution is 0.424. The van der Waals surface area contributed by atoms with Gasteiger partial charge in [0.1, 0.15) is 6.33 Å². The number of fused-ring (bicyclic) bond motifs is 1. The van der Waals surface area contributed by atoms with E-state index in [-0.39, 0.29) is 5.59 Å². The Morgan fingerprint density at radius 3 is 2.92 bits per heavy atom. The number of rotatable bonds is 1. The van der Waals surface area contributed by atoms with Crippen molar-refractivity contribution in [3.63, 3.8) is 0 Å². The minimum Gasteiger partial charge on any atom is -0.422 e. The molecule has 0 radical (unpaired) electrons. The molecule has 2 aromatic rings. The van der Waals surface area contributed by atoms with Crippen molar-refractivity contribution >= 4 is 23.7 Å². The van der Waals surface area contributed by atoms with Gasteiger partial charge in [0.05, 0.1) is 16.6 Å². The molecule has 2 aromatic heterocycles. The molecule has 0 aliphatic heterocycles. The van der Waals surface area contributed by atoms with Gasteiger partial charge >= 0.3 is 7.12 Å². The van der Waals surface area contributed by atoms with Gasteiger partial charge in [-0.25, -0.2) is 9.97 Å². The van der Waals surface area contributed by atoms with E-state index >= 15 is 0 Å². The molecule has 0 bridgehead atoms. The Labute approximate surface area is 68.2 Å². The van der Waals surface area contributed by atoms with Gasteiger partial charge in [-0.2, -0.15) is 0 Å². The largest absolute Gasteiger partial charge is 0.510 e. The molecule has 0 saturated carbocycles. The number of nitrogens with zero attached hydrogens (tertiary/aromatic N) is 2. The number of hydrogen-bond donors (Lipinski definition) is 3. The molecule has 3 N–H and O–H groups in total. The van der Waals surface area contributed by atoms with Crippen LogP contribution in [-0.2, 0) is 0 Å². The van der Waals surface area contributed by atoms with Crippen LogP contribution in [0, 0.1) is 0 Å². The Morgan fingerprint density at radius 2 is 2.17 bits per heavy atom. The van der Waals surface area contributed by atoms with Gasteiger partial charge < -0.3 is 15.0 Å². The van der Waals surface area contributed by atoms with Crippen LogP contribution in [0.3, 0.4) is 0 Å². The SMILES string of the molecule is OB(O)c1ncnc2cc[nH]c12. The lowest BCUT2D eigenvalue weighted by Crippen LogP contribution is -2.33. The summed E-state index contributed by atoms with van der Waals surface area (Å²) in [6.07, 6.45) is 2.97. The molecule has 0 saturated heterocycles. The van der Waals surface area contributed by atoms with Gasteiger partial charge in [0, 0.05) is 6.20 Å². The molecule has 0 aliphatic rings. The van der Waals surface area contributed by atoms with Crippen molar-refractivity contribution in [3.8, 4) is 0 Å². The van der Waals surface area contributed by atoms with Gasteiger partial charge in [0.25, 0.3) is 0 Å². The molecule has 0 fully saturated rings. The van der Waals surface area contributed by atoms with Gasteiger partial charge in [-0.1, -0.05) is 0 Å². The summed E-state index contributed by atoms with van der Waals surface area (Å²) in [5, 5.41) is 17.8. The first kappa shape index (κ1) is 7.26. The zero-order valence-corrected chi connectivity index (χ0v) is 6.10. The maximum absolute atomic E-state index is 8.89. The molecule has 0 unspecified atom stereocenters. The number of aromatic amines is 1. The maximum atomic E-state index is 8.89. The summed E-state index contributed by atoms with van der Waals surface area (Å²) in [6.45, 7) is 0. The van der Waals surface area contributed by atoms with E-state index < -0.39 is 7.12 Å². The predicted molar refractivity (Wildman–Crippen MR) is 43.7 cm³/mol. The van der Waals surface area contributed by atoms with Crippen LogP contribution in [0.15, 0.2) is 18.6 Å². The van der Waals surface area contributed by atoms with Gasteiger partial charge in [-0.15, -0.1) is 0 Å². The Hall–Kier alpha value is -1.40. The summed E-state index contributed by atoms with van der Waals surface area (Å²) < 4.78 is 0. The van der Waals surface area contributed by atoms with E-state index in [1.54, 1.807) is 12.3 Å². The summed E-state index contributed by atoms with van der Waals surface area (Å²) >= 11 is 0. The van der Waals surface area contributed by atoms with Crippen molar-refractivity contribution in [1.29, 1.82) is 0 Å². The van der Waals surface area contributed by atoms with E-state index in [1.165, 1.54) is 6.33 Å². The Balaban J connectivity index is 2.73. The fourth-order valence-electron chi connectivity index (χ4n) is 1.09. The van der Waals surface area contributed by atoms with E-state index in [0.717, 1.165) is 0 Å². The van der Waals surface area contributed by atoms with Gasteiger partial charge in [-0.3, -0.25) is 0 Å². The summed E-state index contributed by atoms with van der Waals surface area (Å²) in [7, 11) is -1.56. The highest BCUT2D eigenvalue weighted by atomic mass is 16.4. The average Bonchev–Trinajstić information content (AvgIpc) is 2.49. The highest BCUT2D eigenvalue weighted by Gasteiger charge is 2.17. The van der Waals surface area contributed by atoms with Crippen molar-refractivity contribution in [2.45, 2.75) is 0 Å². The second kappa shape index (κ2) is 2.58. The van der Waals surface area contributed by atoms with Crippen LogP contribution in [0.5, 0.6) is 0 Å². The minimum atomic E-state index is -1.56. The van der Waals surface area contributed by atoms with E-state index in [1.807, 2.05) is 0 Å². The molecular formula is C6H6BN3O2. The molecule has 0 aromatic carbocycles. The van der Waals surface area contributed by atoms with Crippen molar-refractivity contribution in [3.05, 3.63) is 18.6 Å². The first-order valence-electron chi connectivity index (χ1n) is 3.43. The van der Waals surface area contributed by atoms with Crippen LogP contribution in [0.1, 0.15) is 0 Å². The Bertz CT molecular complexity index is 400. The van der Waals surface area contributed by atoms with Crippen LogP contribution in [0.25, 0.3) is 11.0 Å². The zero-order valence-electron chi connectivity index (χ0n) is 6.10. The van der Waals surface area contributed by atoms with Crippen LogP contribution >= 0.6 is 0 Å².